The van der Waals surface area contributed by atoms with Gasteiger partial charge in [0, 0.05) is 44.4 Å². The van der Waals surface area contributed by atoms with Crippen molar-refractivity contribution < 1.29 is 27.4 Å². The molecule has 3 aliphatic rings. The highest BCUT2D eigenvalue weighted by molar-refractivity contribution is 7.90. The van der Waals surface area contributed by atoms with Gasteiger partial charge in [0.1, 0.15) is 0 Å². The second-order valence-corrected chi connectivity index (χ2v) is 11.4. The quantitative estimate of drug-likeness (QED) is 0.486. The molecule has 0 saturated carbocycles. The van der Waals surface area contributed by atoms with E-state index in [2.05, 4.69) is 4.90 Å². The molecule has 1 aromatic heterocycles. The van der Waals surface area contributed by atoms with E-state index in [1.807, 2.05) is 16.8 Å². The first kappa shape index (κ1) is 25.3. The zero-order chi connectivity index (χ0) is 25.1. The minimum atomic E-state index is -3.58. The number of likely N-dealkylation sites (tertiary alicyclic amines) is 1. The van der Waals surface area contributed by atoms with E-state index in [0.717, 1.165) is 38.2 Å². The van der Waals surface area contributed by atoms with Crippen LogP contribution in [-0.2, 0) is 29.8 Å². The number of aromatic nitrogens is 2. The number of benzene rings is 1. The first-order valence-electron chi connectivity index (χ1n) is 12.6. The molecule has 3 aliphatic heterocycles. The maximum Gasteiger partial charge on any atom is 0.274 e. The lowest BCUT2D eigenvalue weighted by molar-refractivity contribution is 0.0297. The van der Waals surface area contributed by atoms with Crippen molar-refractivity contribution >= 4 is 15.7 Å². The van der Waals surface area contributed by atoms with Gasteiger partial charge in [-0.05, 0) is 25.5 Å². The fraction of sp³-hybridized carbons (Fsp3) is 0.600. The van der Waals surface area contributed by atoms with Crippen LogP contribution in [0.1, 0.15) is 34.9 Å². The summed E-state index contributed by atoms with van der Waals surface area (Å²) in [5, 5.41) is 4.86. The van der Waals surface area contributed by atoms with Gasteiger partial charge in [0.25, 0.3) is 5.91 Å². The van der Waals surface area contributed by atoms with E-state index >= 15 is 0 Å². The molecule has 1 amide bonds. The molecule has 0 bridgehead atoms. The van der Waals surface area contributed by atoms with Crippen molar-refractivity contribution in [1.82, 2.24) is 19.6 Å². The summed E-state index contributed by atoms with van der Waals surface area (Å²) in [6.07, 6.45) is 1.90. The van der Waals surface area contributed by atoms with Crippen molar-refractivity contribution in [1.29, 1.82) is 0 Å². The summed E-state index contributed by atoms with van der Waals surface area (Å²) in [6, 6.07) is 7.10. The molecule has 196 valence electrons. The van der Waals surface area contributed by atoms with Gasteiger partial charge in [-0.3, -0.25) is 14.4 Å². The molecule has 10 nitrogen and oxygen atoms in total. The number of sulfone groups is 1. The second kappa shape index (κ2) is 11.0. The zero-order valence-electron chi connectivity index (χ0n) is 20.7. The van der Waals surface area contributed by atoms with E-state index in [0.29, 0.717) is 62.1 Å². The molecule has 1 atom stereocenters. The number of carbonyl (C=O) groups excluding carboxylic acids is 1. The number of methoxy groups -OCH3 is 1. The van der Waals surface area contributed by atoms with E-state index in [1.54, 1.807) is 24.1 Å². The smallest absolute Gasteiger partial charge is 0.274 e. The zero-order valence-corrected chi connectivity index (χ0v) is 21.5. The van der Waals surface area contributed by atoms with Crippen LogP contribution < -0.4 is 0 Å². The van der Waals surface area contributed by atoms with Gasteiger partial charge in [0.2, 0.25) is 0 Å². The number of ether oxygens (including phenoxy) is 3. The van der Waals surface area contributed by atoms with Crippen molar-refractivity contribution in [2.75, 3.05) is 72.9 Å². The summed E-state index contributed by atoms with van der Waals surface area (Å²) in [5.41, 5.74) is 2.17. The summed E-state index contributed by atoms with van der Waals surface area (Å²) in [6.45, 7) is 6.19. The van der Waals surface area contributed by atoms with E-state index in [1.165, 1.54) is 0 Å². The van der Waals surface area contributed by atoms with Crippen LogP contribution in [0.3, 0.4) is 0 Å². The standard InChI is InChI=1S/C25H34N4O6S/c1-33-15-16-35-12-9-27-8-4-5-19(17-27)29-24-20-6-2-3-7-22(20)36(31,32)18-21(24)23(26-29)25(30)28-10-13-34-14-11-28/h2-3,6-7,19H,4-5,8-18H2,1H3. The molecule has 36 heavy (non-hydrogen) atoms. The fourth-order valence-corrected chi connectivity index (χ4v) is 6.91. The largest absolute Gasteiger partial charge is 0.382 e. The molecule has 0 aliphatic carbocycles. The molecule has 0 spiro atoms. The third kappa shape index (κ3) is 5.08. The van der Waals surface area contributed by atoms with Crippen LogP contribution in [0.15, 0.2) is 29.2 Å². The molecule has 4 heterocycles. The second-order valence-electron chi connectivity index (χ2n) is 9.48. The van der Waals surface area contributed by atoms with Crippen LogP contribution in [0.5, 0.6) is 0 Å². The van der Waals surface area contributed by atoms with Gasteiger partial charge in [-0.15, -0.1) is 0 Å². The van der Waals surface area contributed by atoms with Gasteiger partial charge in [0.15, 0.2) is 15.5 Å². The molecule has 5 rings (SSSR count). The Bertz CT molecular complexity index is 1190. The van der Waals surface area contributed by atoms with Crippen molar-refractivity contribution in [3.63, 3.8) is 0 Å². The first-order valence-corrected chi connectivity index (χ1v) is 14.2. The molecular formula is C25H34N4O6S. The van der Waals surface area contributed by atoms with Crippen LogP contribution in [0, 0.1) is 0 Å². The average molecular weight is 519 g/mol. The number of fused-ring (bicyclic) bond motifs is 3. The molecule has 11 heteroatoms. The third-order valence-corrected chi connectivity index (χ3v) is 8.83. The van der Waals surface area contributed by atoms with Crippen LogP contribution in [0.4, 0.5) is 0 Å². The number of hydrogen-bond donors (Lipinski definition) is 0. The van der Waals surface area contributed by atoms with Crippen molar-refractivity contribution in [2.45, 2.75) is 29.5 Å². The van der Waals surface area contributed by atoms with E-state index < -0.39 is 9.84 Å². The van der Waals surface area contributed by atoms with E-state index in [4.69, 9.17) is 19.3 Å². The minimum Gasteiger partial charge on any atom is -0.382 e. The monoisotopic (exact) mass is 518 g/mol. The Morgan fingerprint density at radius 1 is 1.14 bits per heavy atom. The molecular weight excluding hydrogens is 484 g/mol. The van der Waals surface area contributed by atoms with Gasteiger partial charge in [-0.2, -0.15) is 5.10 Å². The summed E-state index contributed by atoms with van der Waals surface area (Å²) < 4.78 is 44.5. The number of piperidine rings is 1. The Hall–Kier alpha value is -2.31. The molecule has 1 aromatic carbocycles. The topological polar surface area (TPSA) is 103 Å². The van der Waals surface area contributed by atoms with Gasteiger partial charge >= 0.3 is 0 Å². The van der Waals surface area contributed by atoms with Crippen molar-refractivity contribution in [3.05, 3.63) is 35.5 Å². The summed E-state index contributed by atoms with van der Waals surface area (Å²) in [4.78, 5) is 17.9. The van der Waals surface area contributed by atoms with Crippen LogP contribution in [0.25, 0.3) is 11.3 Å². The molecule has 2 saturated heterocycles. The molecule has 0 radical (unpaired) electrons. The Balaban J connectivity index is 1.48. The Labute approximate surface area is 212 Å². The predicted octanol–water partition coefficient (Wildman–Crippen LogP) is 1.61. The highest BCUT2D eigenvalue weighted by Gasteiger charge is 2.38. The maximum absolute atomic E-state index is 13.5. The van der Waals surface area contributed by atoms with Crippen LogP contribution >= 0.6 is 0 Å². The third-order valence-electron chi connectivity index (χ3n) is 7.13. The number of hydrogen-bond acceptors (Lipinski definition) is 8. The number of amides is 1. The summed E-state index contributed by atoms with van der Waals surface area (Å²) in [7, 11) is -1.92. The lowest BCUT2D eigenvalue weighted by Crippen LogP contribution is -2.41. The molecule has 1 unspecified atom stereocenters. The van der Waals surface area contributed by atoms with Gasteiger partial charge in [-0.1, -0.05) is 18.2 Å². The van der Waals surface area contributed by atoms with Crippen LogP contribution in [0.2, 0.25) is 0 Å². The highest BCUT2D eigenvalue weighted by Crippen LogP contribution is 2.41. The number of carbonyl (C=O) groups is 1. The first-order chi connectivity index (χ1) is 17.5. The molecule has 2 fully saturated rings. The normalized spacial score (nSPS) is 21.7. The van der Waals surface area contributed by atoms with Gasteiger partial charge < -0.3 is 19.1 Å². The SMILES string of the molecule is COCCOCCN1CCCC(n2nc(C(=O)N3CCOCC3)c3c2-c2ccccc2S(=O)(=O)C3)C1. The van der Waals surface area contributed by atoms with Gasteiger partial charge in [0.05, 0.1) is 55.4 Å². The molecule has 0 N–H and O–H groups in total. The number of rotatable bonds is 8. The molecule has 2 aromatic rings. The predicted molar refractivity (Wildman–Crippen MR) is 133 cm³/mol. The Morgan fingerprint density at radius 3 is 2.75 bits per heavy atom. The van der Waals surface area contributed by atoms with E-state index in [9.17, 15) is 13.2 Å². The average Bonchev–Trinajstić information content (AvgIpc) is 3.27. The Kier molecular flexibility index (Phi) is 7.73. The summed E-state index contributed by atoms with van der Waals surface area (Å²) in [5.74, 6) is -0.434. The highest BCUT2D eigenvalue weighted by atomic mass is 32.2. The lowest BCUT2D eigenvalue weighted by atomic mass is 10.0. The van der Waals surface area contributed by atoms with Crippen molar-refractivity contribution in [2.24, 2.45) is 0 Å². The van der Waals surface area contributed by atoms with Crippen LogP contribution in [-0.4, -0.2) is 107 Å². The minimum absolute atomic E-state index is 0.0339. The van der Waals surface area contributed by atoms with Crippen molar-refractivity contribution in [3.8, 4) is 11.3 Å². The maximum atomic E-state index is 13.5. The van der Waals surface area contributed by atoms with E-state index in [-0.39, 0.29) is 23.4 Å². The number of nitrogens with zero attached hydrogens (tertiary/aromatic N) is 4. The Morgan fingerprint density at radius 2 is 1.94 bits per heavy atom. The lowest BCUT2D eigenvalue weighted by Gasteiger charge is -2.34. The number of morpholine rings is 1. The summed E-state index contributed by atoms with van der Waals surface area (Å²) >= 11 is 0. The fourth-order valence-electron chi connectivity index (χ4n) is 5.32. The van der Waals surface area contributed by atoms with Gasteiger partial charge in [-0.25, -0.2) is 8.42 Å².